The largest absolute Gasteiger partial charge is 0.325 e. The first-order valence-corrected chi connectivity index (χ1v) is 7.01. The fraction of sp³-hybridized carbons (Fsp3) is 0.412. The number of carbonyl (C=O) groups excluding carboxylic acids is 1. The molecule has 1 N–H and O–H groups in total. The van der Waals surface area contributed by atoms with Crippen LogP contribution in [-0.2, 0) is 4.79 Å². The molecule has 20 heavy (non-hydrogen) atoms. The fourth-order valence-electron chi connectivity index (χ4n) is 2.00. The predicted molar refractivity (Wildman–Crippen MR) is 83.6 cm³/mol. The minimum atomic E-state index is 0.0591. The maximum atomic E-state index is 12.2. The predicted octanol–water partition coefficient (Wildman–Crippen LogP) is 4.25. The molecule has 2 rings (SSSR count). The lowest BCUT2D eigenvalue weighted by molar-refractivity contribution is -0.117. The topological polar surface area (TPSA) is 42.0 Å². The summed E-state index contributed by atoms with van der Waals surface area (Å²) in [5, 5.41) is 3.99. The van der Waals surface area contributed by atoms with Gasteiger partial charge in [0, 0.05) is 18.0 Å². The first kappa shape index (κ1) is 14.5. The second-order valence-corrected chi connectivity index (χ2v) is 6.40. The van der Waals surface area contributed by atoms with Crippen LogP contribution in [0.3, 0.4) is 0 Å². The van der Waals surface area contributed by atoms with E-state index in [4.69, 9.17) is 0 Å². The zero-order valence-corrected chi connectivity index (χ0v) is 12.6. The van der Waals surface area contributed by atoms with E-state index in [1.165, 1.54) is 0 Å². The number of amides is 1. The number of hydrogen-bond donors (Lipinski definition) is 1. The molecule has 2 aromatic rings. The molecule has 0 aliphatic carbocycles. The molecule has 3 heteroatoms. The van der Waals surface area contributed by atoms with Gasteiger partial charge >= 0.3 is 0 Å². The van der Waals surface area contributed by atoms with Crippen molar-refractivity contribution >= 4 is 22.5 Å². The summed E-state index contributed by atoms with van der Waals surface area (Å²) in [6.45, 7) is 8.59. The number of fused-ring (bicyclic) bond motifs is 1. The Bertz CT molecular complexity index is 608. The summed E-state index contributed by atoms with van der Waals surface area (Å²) in [6.07, 6.45) is 2.29. The van der Waals surface area contributed by atoms with Gasteiger partial charge in [0.2, 0.25) is 5.91 Å². The van der Waals surface area contributed by atoms with Gasteiger partial charge in [0.25, 0.3) is 0 Å². The minimum absolute atomic E-state index is 0.0591. The lowest BCUT2D eigenvalue weighted by atomic mass is 9.80. The number of aromatic nitrogens is 1. The number of hydrogen-bond acceptors (Lipinski definition) is 2. The smallest absolute Gasteiger partial charge is 0.224 e. The lowest BCUT2D eigenvalue weighted by Gasteiger charge is -2.26. The first-order chi connectivity index (χ1) is 9.38. The van der Waals surface area contributed by atoms with Gasteiger partial charge in [-0.15, -0.1) is 0 Å². The van der Waals surface area contributed by atoms with Gasteiger partial charge in [-0.3, -0.25) is 9.78 Å². The summed E-state index contributed by atoms with van der Waals surface area (Å²) in [5.41, 5.74) is 1.87. The van der Waals surface area contributed by atoms with Crippen molar-refractivity contribution in [3.05, 3.63) is 36.5 Å². The van der Waals surface area contributed by atoms with Crippen molar-refractivity contribution in [1.29, 1.82) is 0 Å². The number of carbonyl (C=O) groups is 1. The Morgan fingerprint density at radius 2 is 2.00 bits per heavy atom. The van der Waals surface area contributed by atoms with E-state index in [0.29, 0.717) is 12.3 Å². The first-order valence-electron chi connectivity index (χ1n) is 7.01. The minimum Gasteiger partial charge on any atom is -0.325 e. The van der Waals surface area contributed by atoms with Crippen LogP contribution >= 0.6 is 0 Å². The second kappa shape index (κ2) is 5.61. The SMILES string of the molecule is CC(CC(=O)Nc1cccc2ncccc12)C(C)(C)C. The lowest BCUT2D eigenvalue weighted by Crippen LogP contribution is -2.24. The average Bonchev–Trinajstić information content (AvgIpc) is 2.38. The number of nitrogens with zero attached hydrogens (tertiary/aromatic N) is 1. The molecule has 106 valence electrons. The fourth-order valence-corrected chi connectivity index (χ4v) is 2.00. The van der Waals surface area contributed by atoms with Gasteiger partial charge in [0.15, 0.2) is 0 Å². The Hall–Kier alpha value is -1.90. The molecule has 0 aliphatic rings. The molecular weight excluding hydrogens is 248 g/mol. The van der Waals surface area contributed by atoms with E-state index in [9.17, 15) is 4.79 Å². The summed E-state index contributed by atoms with van der Waals surface area (Å²) >= 11 is 0. The standard InChI is InChI=1S/C17H22N2O/c1-12(17(2,3)4)11-16(20)19-15-9-5-8-14-13(15)7-6-10-18-14/h5-10,12H,11H2,1-4H3,(H,19,20). The molecule has 1 aromatic carbocycles. The molecule has 0 radical (unpaired) electrons. The van der Waals surface area contributed by atoms with Gasteiger partial charge in [-0.05, 0) is 35.6 Å². The van der Waals surface area contributed by atoms with Crippen LogP contribution in [0.15, 0.2) is 36.5 Å². The third kappa shape index (κ3) is 3.35. The van der Waals surface area contributed by atoms with Gasteiger partial charge in [-0.1, -0.05) is 33.8 Å². The summed E-state index contributed by atoms with van der Waals surface area (Å²) in [4.78, 5) is 16.5. The molecule has 1 amide bonds. The van der Waals surface area contributed by atoms with E-state index in [2.05, 4.69) is 38.0 Å². The van der Waals surface area contributed by atoms with Crippen molar-refractivity contribution in [2.75, 3.05) is 5.32 Å². The second-order valence-electron chi connectivity index (χ2n) is 6.40. The molecule has 1 aromatic heterocycles. The zero-order chi connectivity index (χ0) is 14.8. The van der Waals surface area contributed by atoms with Crippen LogP contribution in [0.25, 0.3) is 10.9 Å². The molecule has 0 spiro atoms. The van der Waals surface area contributed by atoms with Crippen LogP contribution in [0, 0.1) is 11.3 Å². The molecule has 1 atom stereocenters. The van der Waals surface area contributed by atoms with Crippen LogP contribution in [0.1, 0.15) is 34.1 Å². The normalized spacial score (nSPS) is 13.2. The highest BCUT2D eigenvalue weighted by atomic mass is 16.1. The van der Waals surface area contributed by atoms with Crippen molar-refractivity contribution < 1.29 is 4.79 Å². The highest BCUT2D eigenvalue weighted by molar-refractivity contribution is 6.00. The molecule has 1 unspecified atom stereocenters. The third-order valence-corrected chi connectivity index (χ3v) is 3.89. The highest BCUT2D eigenvalue weighted by Gasteiger charge is 2.22. The van der Waals surface area contributed by atoms with Crippen molar-refractivity contribution in [2.24, 2.45) is 11.3 Å². The number of nitrogens with one attached hydrogen (secondary N) is 1. The van der Waals surface area contributed by atoms with Gasteiger partial charge in [0.1, 0.15) is 0 Å². The van der Waals surface area contributed by atoms with Crippen LogP contribution in [0.4, 0.5) is 5.69 Å². The van der Waals surface area contributed by atoms with E-state index in [1.54, 1.807) is 6.20 Å². The molecule has 1 heterocycles. The number of benzene rings is 1. The monoisotopic (exact) mass is 270 g/mol. The van der Waals surface area contributed by atoms with E-state index < -0.39 is 0 Å². The van der Waals surface area contributed by atoms with E-state index >= 15 is 0 Å². The van der Waals surface area contributed by atoms with Crippen LogP contribution in [0.2, 0.25) is 0 Å². The number of anilines is 1. The van der Waals surface area contributed by atoms with E-state index in [0.717, 1.165) is 16.6 Å². The molecule has 0 saturated carbocycles. The maximum Gasteiger partial charge on any atom is 0.224 e. The Balaban J connectivity index is 2.15. The van der Waals surface area contributed by atoms with Crippen LogP contribution in [-0.4, -0.2) is 10.9 Å². The Morgan fingerprint density at radius 1 is 1.25 bits per heavy atom. The quantitative estimate of drug-likeness (QED) is 0.906. The summed E-state index contributed by atoms with van der Waals surface area (Å²) in [5.74, 6) is 0.388. The highest BCUT2D eigenvalue weighted by Crippen LogP contribution is 2.29. The summed E-state index contributed by atoms with van der Waals surface area (Å²) in [6, 6.07) is 9.64. The third-order valence-electron chi connectivity index (χ3n) is 3.89. The molecule has 0 saturated heterocycles. The van der Waals surface area contributed by atoms with Crippen molar-refractivity contribution in [3.63, 3.8) is 0 Å². The molecule has 0 bridgehead atoms. The molecular formula is C17H22N2O. The van der Waals surface area contributed by atoms with Crippen molar-refractivity contribution in [2.45, 2.75) is 34.1 Å². The molecule has 0 fully saturated rings. The Kier molecular flexibility index (Phi) is 4.07. The van der Waals surface area contributed by atoms with Gasteiger partial charge in [-0.2, -0.15) is 0 Å². The summed E-state index contributed by atoms with van der Waals surface area (Å²) in [7, 11) is 0. The van der Waals surface area contributed by atoms with Gasteiger partial charge in [-0.25, -0.2) is 0 Å². The Morgan fingerprint density at radius 3 is 2.70 bits per heavy atom. The molecule has 3 nitrogen and oxygen atoms in total. The van der Waals surface area contributed by atoms with E-state index in [-0.39, 0.29) is 11.3 Å². The van der Waals surface area contributed by atoms with Crippen molar-refractivity contribution in [1.82, 2.24) is 4.98 Å². The maximum absolute atomic E-state index is 12.2. The Labute approximate surface area is 120 Å². The summed E-state index contributed by atoms with van der Waals surface area (Å²) < 4.78 is 0. The van der Waals surface area contributed by atoms with Crippen molar-refractivity contribution in [3.8, 4) is 0 Å². The van der Waals surface area contributed by atoms with E-state index in [1.807, 2.05) is 30.3 Å². The zero-order valence-electron chi connectivity index (χ0n) is 12.6. The number of pyridine rings is 1. The van der Waals surface area contributed by atoms with Crippen LogP contribution in [0.5, 0.6) is 0 Å². The number of rotatable bonds is 3. The average molecular weight is 270 g/mol. The van der Waals surface area contributed by atoms with Gasteiger partial charge in [0.05, 0.1) is 11.2 Å². The van der Waals surface area contributed by atoms with Gasteiger partial charge < -0.3 is 5.32 Å². The van der Waals surface area contributed by atoms with Crippen LogP contribution < -0.4 is 5.32 Å². The molecule has 0 aliphatic heterocycles.